The molecule has 0 bridgehead atoms. The summed E-state index contributed by atoms with van der Waals surface area (Å²) in [6, 6.07) is 12.9. The van der Waals surface area contributed by atoms with Gasteiger partial charge < -0.3 is 9.09 Å². The van der Waals surface area contributed by atoms with Crippen LogP contribution in [0.25, 0.3) is 0 Å². The van der Waals surface area contributed by atoms with Crippen LogP contribution in [0.4, 0.5) is 0 Å². The molecular weight excluding hydrogens is 312 g/mol. The Bertz CT molecular complexity index is 808. The maximum atomic E-state index is 5.31. The minimum absolute atomic E-state index is 0.339. The van der Waals surface area contributed by atoms with E-state index in [0.29, 0.717) is 6.04 Å². The summed E-state index contributed by atoms with van der Waals surface area (Å²) < 4.78 is 7.55. The van der Waals surface area contributed by atoms with Crippen molar-refractivity contribution in [3.63, 3.8) is 0 Å². The van der Waals surface area contributed by atoms with Gasteiger partial charge in [-0.15, -0.1) is 0 Å². The maximum Gasteiger partial charge on any atom is 0.133 e. The summed E-state index contributed by atoms with van der Waals surface area (Å²) in [5.41, 5.74) is 3.60. The third-order valence-corrected chi connectivity index (χ3v) is 4.96. The molecular formula is C20H24N4O. The highest BCUT2D eigenvalue weighted by atomic mass is 16.5. The number of benzene rings is 1. The third-order valence-electron chi connectivity index (χ3n) is 4.96. The van der Waals surface area contributed by atoms with Gasteiger partial charge in [-0.1, -0.05) is 41.9 Å². The van der Waals surface area contributed by atoms with Gasteiger partial charge in [0, 0.05) is 25.4 Å². The number of rotatable bonds is 5. The van der Waals surface area contributed by atoms with Gasteiger partial charge in [0.25, 0.3) is 0 Å². The number of hydrogen-bond acceptors (Lipinski definition) is 4. The van der Waals surface area contributed by atoms with Crippen molar-refractivity contribution in [2.24, 2.45) is 0 Å². The first kappa shape index (κ1) is 16.1. The Labute approximate surface area is 148 Å². The van der Waals surface area contributed by atoms with Crippen molar-refractivity contribution in [2.75, 3.05) is 6.54 Å². The molecule has 5 heteroatoms. The first-order valence-corrected chi connectivity index (χ1v) is 9.00. The Morgan fingerprint density at radius 3 is 2.84 bits per heavy atom. The molecule has 1 atom stereocenters. The number of piperidine rings is 1. The molecule has 2 aromatic heterocycles. The van der Waals surface area contributed by atoms with Crippen molar-refractivity contribution in [2.45, 2.75) is 45.3 Å². The third kappa shape index (κ3) is 3.66. The smallest absolute Gasteiger partial charge is 0.133 e. The lowest BCUT2D eigenvalue weighted by Crippen LogP contribution is -2.33. The number of aromatic nitrogens is 3. The second-order valence-corrected chi connectivity index (χ2v) is 6.84. The molecule has 0 spiro atoms. The first-order valence-electron chi connectivity index (χ1n) is 9.00. The highest BCUT2D eigenvalue weighted by molar-refractivity contribution is 5.16. The van der Waals surface area contributed by atoms with Gasteiger partial charge in [0.1, 0.15) is 11.5 Å². The molecule has 1 unspecified atom stereocenters. The molecule has 130 valence electrons. The Hall–Kier alpha value is -2.40. The fraction of sp³-hybridized carbons (Fsp3) is 0.400. The van der Waals surface area contributed by atoms with E-state index >= 15 is 0 Å². The van der Waals surface area contributed by atoms with E-state index in [1.165, 1.54) is 24.1 Å². The molecule has 0 saturated carbocycles. The van der Waals surface area contributed by atoms with Gasteiger partial charge >= 0.3 is 0 Å². The predicted octanol–water partition coefficient (Wildman–Crippen LogP) is 3.96. The monoisotopic (exact) mass is 336 g/mol. The van der Waals surface area contributed by atoms with Crippen molar-refractivity contribution >= 4 is 0 Å². The van der Waals surface area contributed by atoms with Crippen LogP contribution in [-0.2, 0) is 13.1 Å². The standard InChI is InChI=1S/C20H24N4O/c1-16-11-19(22-25-16)20-9-5-6-10-23(20)14-18-12-21-15-24(18)13-17-7-3-2-4-8-17/h2-4,7-8,11-12,15,20H,5-6,9-10,13-14H2,1H3. The number of nitrogens with zero attached hydrogens (tertiary/aromatic N) is 4. The van der Waals surface area contributed by atoms with Crippen LogP contribution in [0, 0.1) is 6.92 Å². The van der Waals surface area contributed by atoms with Gasteiger partial charge in [0.05, 0.1) is 18.1 Å². The second kappa shape index (κ2) is 7.23. The van der Waals surface area contributed by atoms with Gasteiger partial charge in [-0.05, 0) is 31.9 Å². The SMILES string of the molecule is Cc1cc(C2CCCCN2Cc2cncn2Cc2ccccc2)no1. The zero-order valence-electron chi connectivity index (χ0n) is 14.6. The largest absolute Gasteiger partial charge is 0.361 e. The number of hydrogen-bond donors (Lipinski definition) is 0. The summed E-state index contributed by atoms with van der Waals surface area (Å²) in [4.78, 5) is 6.90. The van der Waals surface area contributed by atoms with Crippen LogP contribution in [0.2, 0.25) is 0 Å². The van der Waals surface area contributed by atoms with Crippen molar-refractivity contribution in [1.29, 1.82) is 0 Å². The van der Waals surface area contributed by atoms with Gasteiger partial charge in [-0.3, -0.25) is 4.90 Å². The molecule has 0 radical (unpaired) electrons. The van der Waals surface area contributed by atoms with E-state index in [-0.39, 0.29) is 0 Å². The van der Waals surface area contributed by atoms with Crippen LogP contribution in [0.3, 0.4) is 0 Å². The molecule has 3 heterocycles. The highest BCUT2D eigenvalue weighted by Gasteiger charge is 2.27. The van der Waals surface area contributed by atoms with Crippen LogP contribution in [0.1, 0.15) is 48.0 Å². The summed E-state index contributed by atoms with van der Waals surface area (Å²) in [5, 5.41) is 4.27. The lowest BCUT2D eigenvalue weighted by Gasteiger charge is -2.34. The van der Waals surface area contributed by atoms with Crippen molar-refractivity contribution in [3.8, 4) is 0 Å². The van der Waals surface area contributed by atoms with E-state index < -0.39 is 0 Å². The minimum atomic E-state index is 0.339. The predicted molar refractivity (Wildman–Crippen MR) is 96.0 cm³/mol. The van der Waals surface area contributed by atoms with E-state index in [9.17, 15) is 0 Å². The molecule has 1 fully saturated rings. The van der Waals surface area contributed by atoms with E-state index in [0.717, 1.165) is 37.5 Å². The molecule has 1 aliphatic heterocycles. The topological polar surface area (TPSA) is 47.1 Å². The van der Waals surface area contributed by atoms with E-state index in [2.05, 4.69) is 56.0 Å². The van der Waals surface area contributed by atoms with Crippen LogP contribution < -0.4 is 0 Å². The van der Waals surface area contributed by atoms with Crippen molar-refractivity contribution in [1.82, 2.24) is 19.6 Å². The molecule has 1 saturated heterocycles. The molecule has 5 nitrogen and oxygen atoms in total. The number of likely N-dealkylation sites (tertiary alicyclic amines) is 1. The van der Waals surface area contributed by atoms with Crippen molar-refractivity contribution < 1.29 is 4.52 Å². The summed E-state index contributed by atoms with van der Waals surface area (Å²) in [7, 11) is 0. The molecule has 0 N–H and O–H groups in total. The van der Waals surface area contributed by atoms with Crippen LogP contribution in [0.5, 0.6) is 0 Å². The van der Waals surface area contributed by atoms with E-state index in [4.69, 9.17) is 4.52 Å². The minimum Gasteiger partial charge on any atom is -0.361 e. The lowest BCUT2D eigenvalue weighted by molar-refractivity contribution is 0.131. The van der Waals surface area contributed by atoms with Crippen LogP contribution in [-0.4, -0.2) is 26.2 Å². The maximum absolute atomic E-state index is 5.31. The van der Waals surface area contributed by atoms with Gasteiger partial charge in [0.2, 0.25) is 0 Å². The Morgan fingerprint density at radius 1 is 1.16 bits per heavy atom. The highest BCUT2D eigenvalue weighted by Crippen LogP contribution is 2.31. The van der Waals surface area contributed by atoms with Crippen LogP contribution >= 0.6 is 0 Å². The summed E-state index contributed by atoms with van der Waals surface area (Å²) >= 11 is 0. The van der Waals surface area contributed by atoms with Gasteiger partial charge in [-0.25, -0.2) is 4.98 Å². The Kier molecular flexibility index (Phi) is 4.65. The van der Waals surface area contributed by atoms with E-state index in [1.807, 2.05) is 19.4 Å². The molecule has 3 aromatic rings. The van der Waals surface area contributed by atoms with Crippen molar-refractivity contribution in [3.05, 3.63) is 71.6 Å². The molecule has 25 heavy (non-hydrogen) atoms. The normalized spacial score (nSPS) is 18.5. The second-order valence-electron chi connectivity index (χ2n) is 6.84. The summed E-state index contributed by atoms with van der Waals surface area (Å²) in [6.07, 6.45) is 7.54. The Morgan fingerprint density at radius 2 is 2.04 bits per heavy atom. The Balaban J connectivity index is 1.52. The fourth-order valence-electron chi connectivity index (χ4n) is 3.67. The summed E-state index contributed by atoms with van der Waals surface area (Å²) in [5.74, 6) is 0.884. The number of imidazole rings is 1. The molecule has 1 aromatic carbocycles. The zero-order valence-corrected chi connectivity index (χ0v) is 14.6. The molecule has 4 rings (SSSR count). The average Bonchev–Trinajstić information content (AvgIpc) is 3.26. The fourth-order valence-corrected chi connectivity index (χ4v) is 3.67. The quantitative estimate of drug-likeness (QED) is 0.708. The number of aryl methyl sites for hydroxylation is 1. The zero-order chi connectivity index (χ0) is 17.1. The summed E-state index contributed by atoms with van der Waals surface area (Å²) in [6.45, 7) is 4.80. The lowest BCUT2D eigenvalue weighted by atomic mass is 9.99. The van der Waals surface area contributed by atoms with Gasteiger partial charge in [0.15, 0.2) is 0 Å². The molecule has 1 aliphatic rings. The van der Waals surface area contributed by atoms with E-state index in [1.54, 1.807) is 0 Å². The average molecular weight is 336 g/mol. The van der Waals surface area contributed by atoms with Crippen LogP contribution in [0.15, 0.2) is 53.4 Å². The van der Waals surface area contributed by atoms with Gasteiger partial charge in [-0.2, -0.15) is 0 Å². The molecule has 0 amide bonds. The first-order chi connectivity index (χ1) is 12.3. The molecule has 0 aliphatic carbocycles.